The Balaban J connectivity index is 1.25. The number of hydrogen-bond acceptors (Lipinski definition) is 4. The van der Waals surface area contributed by atoms with Gasteiger partial charge in [-0.3, -0.25) is 4.79 Å². The maximum atomic E-state index is 12.4. The molecule has 2 aromatic rings. The Morgan fingerprint density at radius 3 is 2.36 bits per heavy atom. The van der Waals surface area contributed by atoms with Gasteiger partial charge in [0.2, 0.25) is 0 Å². The van der Waals surface area contributed by atoms with Gasteiger partial charge in [-0.05, 0) is 98.9 Å². The van der Waals surface area contributed by atoms with Gasteiger partial charge in [-0.15, -0.1) is 0 Å². The fourth-order valence-electron chi connectivity index (χ4n) is 8.03. The summed E-state index contributed by atoms with van der Waals surface area (Å²) in [4.78, 5) is 12.4. The number of amides is 1. The third-order valence-electron chi connectivity index (χ3n) is 8.35. The van der Waals surface area contributed by atoms with Crippen molar-refractivity contribution in [2.45, 2.75) is 78.3 Å². The lowest BCUT2D eigenvalue weighted by molar-refractivity contribution is -0.118. The molecule has 2 aromatic carbocycles. The lowest BCUT2D eigenvalue weighted by Gasteiger charge is -2.65. The van der Waals surface area contributed by atoms with Gasteiger partial charge in [0.05, 0.1) is 11.6 Å². The topological polar surface area (TPSA) is 59.6 Å². The van der Waals surface area contributed by atoms with E-state index < -0.39 is 0 Å². The first-order valence-electron chi connectivity index (χ1n) is 13.3. The van der Waals surface area contributed by atoms with Crippen LogP contribution in [0.3, 0.4) is 0 Å². The third kappa shape index (κ3) is 5.38. The van der Waals surface area contributed by atoms with Crippen molar-refractivity contribution >= 4 is 23.2 Å². The minimum absolute atomic E-state index is 0.146. The highest BCUT2D eigenvalue weighted by Gasteiger charge is 2.59. The molecule has 4 bridgehead atoms. The van der Waals surface area contributed by atoms with Crippen LogP contribution in [0.5, 0.6) is 11.5 Å². The Labute approximate surface area is 220 Å². The number of ether oxygens (including phenoxy) is 2. The van der Waals surface area contributed by atoms with E-state index in [0.717, 1.165) is 29.3 Å². The van der Waals surface area contributed by atoms with Gasteiger partial charge < -0.3 is 20.1 Å². The van der Waals surface area contributed by atoms with E-state index in [4.69, 9.17) is 21.1 Å². The van der Waals surface area contributed by atoms with E-state index in [1.54, 1.807) is 0 Å². The van der Waals surface area contributed by atoms with Crippen molar-refractivity contribution < 1.29 is 14.3 Å². The van der Waals surface area contributed by atoms with Gasteiger partial charge in [0.1, 0.15) is 0 Å². The monoisotopic (exact) mass is 510 g/mol. The van der Waals surface area contributed by atoms with Crippen LogP contribution in [0.4, 0.5) is 5.69 Å². The van der Waals surface area contributed by atoms with E-state index in [9.17, 15) is 4.79 Å². The molecule has 2 atom stereocenters. The van der Waals surface area contributed by atoms with Crippen LogP contribution in [0.25, 0.3) is 0 Å². The van der Waals surface area contributed by atoms with Crippen molar-refractivity contribution in [1.29, 1.82) is 0 Å². The molecule has 0 radical (unpaired) electrons. The summed E-state index contributed by atoms with van der Waals surface area (Å²) in [6.07, 6.45) is 7.93. The van der Waals surface area contributed by atoms with E-state index in [1.807, 2.05) is 50.2 Å². The molecule has 36 heavy (non-hydrogen) atoms. The molecule has 0 aromatic heterocycles. The molecule has 4 aliphatic carbocycles. The number of rotatable bonds is 9. The molecule has 0 heterocycles. The third-order valence-corrected chi connectivity index (χ3v) is 8.63. The fourth-order valence-corrected chi connectivity index (χ4v) is 8.32. The van der Waals surface area contributed by atoms with Gasteiger partial charge in [-0.1, -0.05) is 43.1 Å². The summed E-state index contributed by atoms with van der Waals surface area (Å²) in [6, 6.07) is 11.6. The number of halogens is 1. The molecule has 4 saturated carbocycles. The molecule has 194 valence electrons. The quantitative estimate of drug-likeness (QED) is 0.385. The van der Waals surface area contributed by atoms with Crippen molar-refractivity contribution in [1.82, 2.24) is 5.32 Å². The van der Waals surface area contributed by atoms with Crippen molar-refractivity contribution in [3.05, 3.63) is 52.5 Å². The summed E-state index contributed by atoms with van der Waals surface area (Å²) in [5.74, 6) is 1.59. The van der Waals surface area contributed by atoms with Crippen LogP contribution >= 0.6 is 11.6 Å². The van der Waals surface area contributed by atoms with E-state index >= 15 is 0 Å². The summed E-state index contributed by atoms with van der Waals surface area (Å²) in [7, 11) is 0. The zero-order valence-corrected chi connectivity index (χ0v) is 22.8. The first kappa shape index (κ1) is 25.4. The Hall–Kier alpha value is -2.24. The summed E-state index contributed by atoms with van der Waals surface area (Å²) in [5, 5.41) is 7.29. The molecule has 6 heteroatoms. The molecule has 4 aliphatic rings. The smallest absolute Gasteiger partial charge is 0.262 e. The van der Waals surface area contributed by atoms with Gasteiger partial charge in [0.25, 0.3) is 5.91 Å². The second-order valence-electron chi connectivity index (χ2n) is 12.3. The number of carbonyl (C=O) groups is 1. The normalized spacial score (nSPS) is 30.3. The number of aryl methyl sites for hydroxylation is 1. The molecule has 5 nitrogen and oxygen atoms in total. The zero-order chi connectivity index (χ0) is 25.6. The fraction of sp³-hybridized carbons (Fsp3) is 0.567. The summed E-state index contributed by atoms with van der Waals surface area (Å²) < 4.78 is 11.7. The Morgan fingerprint density at radius 2 is 1.72 bits per heavy atom. The lowest BCUT2D eigenvalue weighted by Crippen LogP contribution is -2.63. The Kier molecular flexibility index (Phi) is 6.76. The van der Waals surface area contributed by atoms with Crippen molar-refractivity contribution in [2.24, 2.45) is 16.7 Å². The number of benzene rings is 2. The first-order valence-corrected chi connectivity index (χ1v) is 13.7. The Bertz CT molecular complexity index is 1110. The molecule has 6 rings (SSSR count). The van der Waals surface area contributed by atoms with Crippen LogP contribution in [0, 0.1) is 23.7 Å². The predicted molar refractivity (Wildman–Crippen MR) is 145 cm³/mol. The highest BCUT2D eigenvalue weighted by Crippen LogP contribution is 2.66. The SMILES string of the molecule is CCOc1cc(CNC23CC4CC(C)(CC(C)(C4)C2)C3)cc(Cl)c1OCC(=O)Nc1ccc(C)cc1. The molecular weight excluding hydrogens is 472 g/mol. The zero-order valence-electron chi connectivity index (χ0n) is 22.0. The minimum atomic E-state index is -0.244. The summed E-state index contributed by atoms with van der Waals surface area (Å²) in [5.41, 5.74) is 4.09. The van der Waals surface area contributed by atoms with Gasteiger partial charge in [0, 0.05) is 17.8 Å². The Morgan fingerprint density at radius 1 is 1.03 bits per heavy atom. The molecule has 0 saturated heterocycles. The van der Waals surface area contributed by atoms with Crippen LogP contribution in [0.15, 0.2) is 36.4 Å². The standard InChI is InChI=1S/C30H39ClN2O3/c1-5-35-25-11-21(15-32-30-14-22-12-28(3,18-30)17-29(4,13-22)19-30)10-24(31)27(25)36-16-26(34)33-23-8-6-20(2)7-9-23/h6-11,22,32H,5,12-19H2,1-4H3,(H,33,34). The molecule has 1 amide bonds. The lowest BCUT2D eigenvalue weighted by atomic mass is 9.43. The molecule has 0 aliphatic heterocycles. The van der Waals surface area contributed by atoms with Gasteiger partial charge >= 0.3 is 0 Å². The molecule has 4 fully saturated rings. The molecule has 2 N–H and O–H groups in total. The van der Waals surface area contributed by atoms with Crippen LogP contribution in [-0.2, 0) is 11.3 Å². The summed E-state index contributed by atoms with van der Waals surface area (Å²) >= 11 is 6.67. The van der Waals surface area contributed by atoms with Crippen LogP contribution in [-0.4, -0.2) is 24.7 Å². The highest BCUT2D eigenvalue weighted by molar-refractivity contribution is 6.32. The number of anilines is 1. The average Bonchev–Trinajstić information content (AvgIpc) is 2.76. The van der Waals surface area contributed by atoms with E-state index in [1.165, 1.54) is 38.5 Å². The number of nitrogens with one attached hydrogen (secondary N) is 2. The van der Waals surface area contributed by atoms with Crippen LogP contribution in [0.1, 0.15) is 70.4 Å². The number of carbonyl (C=O) groups excluding carboxylic acids is 1. The average molecular weight is 511 g/mol. The van der Waals surface area contributed by atoms with E-state index in [0.29, 0.717) is 34.0 Å². The molecular formula is C30H39ClN2O3. The van der Waals surface area contributed by atoms with E-state index in [-0.39, 0.29) is 18.1 Å². The maximum Gasteiger partial charge on any atom is 0.262 e. The molecule has 0 spiro atoms. The highest BCUT2D eigenvalue weighted by atomic mass is 35.5. The van der Waals surface area contributed by atoms with Gasteiger partial charge in [0.15, 0.2) is 18.1 Å². The first-order chi connectivity index (χ1) is 17.1. The van der Waals surface area contributed by atoms with Crippen molar-refractivity contribution in [2.75, 3.05) is 18.5 Å². The van der Waals surface area contributed by atoms with Gasteiger partial charge in [-0.25, -0.2) is 0 Å². The largest absolute Gasteiger partial charge is 0.490 e. The van der Waals surface area contributed by atoms with E-state index in [2.05, 4.69) is 24.5 Å². The predicted octanol–water partition coefficient (Wildman–Crippen LogP) is 6.90. The number of hydrogen-bond donors (Lipinski definition) is 2. The van der Waals surface area contributed by atoms with Crippen LogP contribution in [0.2, 0.25) is 5.02 Å². The van der Waals surface area contributed by atoms with Gasteiger partial charge in [-0.2, -0.15) is 0 Å². The second-order valence-corrected chi connectivity index (χ2v) is 12.7. The minimum Gasteiger partial charge on any atom is -0.490 e. The van der Waals surface area contributed by atoms with Crippen LogP contribution < -0.4 is 20.1 Å². The molecule has 2 unspecified atom stereocenters. The second kappa shape index (κ2) is 9.57. The summed E-state index contributed by atoms with van der Waals surface area (Å²) in [6.45, 7) is 10.0. The van der Waals surface area contributed by atoms with Crippen molar-refractivity contribution in [3.8, 4) is 11.5 Å². The maximum absolute atomic E-state index is 12.4. The van der Waals surface area contributed by atoms with Crippen molar-refractivity contribution in [3.63, 3.8) is 0 Å².